The maximum Gasteiger partial charge on any atom is 0.268 e. The zero-order valence-corrected chi connectivity index (χ0v) is 6.29. The normalized spacial score (nSPS) is 9.27. The van der Waals surface area contributed by atoms with Crippen LogP contribution in [0.3, 0.4) is 0 Å². The van der Waals surface area contributed by atoms with E-state index in [1.54, 1.807) is 0 Å². The predicted molar refractivity (Wildman–Crippen MR) is 38.1 cm³/mol. The Labute approximate surface area is 63.4 Å². The van der Waals surface area contributed by atoms with E-state index in [0.717, 1.165) is 0 Å². The van der Waals surface area contributed by atoms with Crippen LogP contribution >= 0.6 is 0 Å². The molecular formula is C7H8O4. The van der Waals surface area contributed by atoms with Gasteiger partial charge in [-0.2, -0.15) is 0 Å². The third kappa shape index (κ3) is 1.34. The van der Waals surface area contributed by atoms with Gasteiger partial charge < -0.3 is 13.9 Å². The van der Waals surface area contributed by atoms with Crippen LogP contribution in [0, 0.1) is 0 Å². The highest BCUT2D eigenvalue weighted by Crippen LogP contribution is 2.08. The second-order valence-corrected chi connectivity index (χ2v) is 1.84. The number of rotatable bonds is 2. The molecule has 0 spiro atoms. The standard InChI is InChI=1S/C7H8O4/c1-9-5-3-11-4-6(10-2)7(5)8/h3-4H,1-2H3. The number of hydrogen-bond acceptors (Lipinski definition) is 4. The summed E-state index contributed by atoms with van der Waals surface area (Å²) in [6, 6.07) is 0. The Hall–Kier alpha value is -1.45. The molecule has 1 heterocycles. The molecule has 0 radical (unpaired) electrons. The van der Waals surface area contributed by atoms with Crippen LogP contribution in [0.5, 0.6) is 11.5 Å². The van der Waals surface area contributed by atoms with Crippen molar-refractivity contribution in [3.63, 3.8) is 0 Å². The maximum atomic E-state index is 11.1. The first-order valence-corrected chi connectivity index (χ1v) is 2.98. The molecule has 1 aromatic rings. The molecule has 0 aliphatic rings. The monoisotopic (exact) mass is 156 g/mol. The molecule has 60 valence electrons. The van der Waals surface area contributed by atoms with Gasteiger partial charge in [-0.1, -0.05) is 0 Å². The lowest BCUT2D eigenvalue weighted by Gasteiger charge is -1.99. The highest BCUT2D eigenvalue weighted by Gasteiger charge is 2.05. The van der Waals surface area contributed by atoms with Crippen LogP contribution in [-0.4, -0.2) is 14.2 Å². The molecule has 0 aliphatic carbocycles. The summed E-state index contributed by atoms with van der Waals surface area (Å²) in [6.07, 6.45) is 2.45. The van der Waals surface area contributed by atoms with Crippen molar-refractivity contribution in [3.05, 3.63) is 22.7 Å². The minimum Gasteiger partial charge on any atom is -0.490 e. The summed E-state index contributed by atoms with van der Waals surface area (Å²) in [4.78, 5) is 11.1. The lowest BCUT2D eigenvalue weighted by atomic mass is 10.4. The van der Waals surface area contributed by atoms with Gasteiger partial charge in [-0.3, -0.25) is 4.79 Å². The molecule has 1 aromatic heterocycles. The molecule has 0 aromatic carbocycles. The van der Waals surface area contributed by atoms with Crippen LogP contribution in [0.1, 0.15) is 0 Å². The van der Waals surface area contributed by atoms with Gasteiger partial charge in [0.2, 0.25) is 11.5 Å². The number of hydrogen-bond donors (Lipinski definition) is 0. The number of ether oxygens (including phenoxy) is 2. The molecular weight excluding hydrogens is 148 g/mol. The topological polar surface area (TPSA) is 48.7 Å². The summed E-state index contributed by atoms with van der Waals surface area (Å²) >= 11 is 0. The van der Waals surface area contributed by atoms with Gasteiger partial charge in [0.05, 0.1) is 14.2 Å². The third-order valence-electron chi connectivity index (χ3n) is 1.24. The Bertz CT molecular complexity index is 263. The highest BCUT2D eigenvalue weighted by molar-refractivity contribution is 5.26. The Kier molecular flexibility index (Phi) is 2.15. The summed E-state index contributed by atoms with van der Waals surface area (Å²) in [5, 5.41) is 0. The lowest BCUT2D eigenvalue weighted by molar-refractivity contribution is 0.352. The van der Waals surface area contributed by atoms with Crippen molar-refractivity contribution in [1.29, 1.82) is 0 Å². The summed E-state index contributed by atoms with van der Waals surface area (Å²) in [7, 11) is 2.79. The van der Waals surface area contributed by atoms with Gasteiger partial charge in [0.15, 0.2) is 0 Å². The average molecular weight is 156 g/mol. The first kappa shape index (κ1) is 7.65. The summed E-state index contributed by atoms with van der Waals surface area (Å²) in [6.45, 7) is 0. The van der Waals surface area contributed by atoms with E-state index < -0.39 is 0 Å². The molecule has 4 heteroatoms. The Morgan fingerprint density at radius 2 is 1.64 bits per heavy atom. The lowest BCUT2D eigenvalue weighted by Crippen LogP contribution is -2.07. The zero-order valence-electron chi connectivity index (χ0n) is 6.29. The second-order valence-electron chi connectivity index (χ2n) is 1.84. The molecule has 0 saturated heterocycles. The maximum absolute atomic E-state index is 11.1. The van der Waals surface area contributed by atoms with E-state index in [9.17, 15) is 4.79 Å². The van der Waals surface area contributed by atoms with Crippen molar-refractivity contribution >= 4 is 0 Å². The van der Waals surface area contributed by atoms with Crippen molar-refractivity contribution in [2.24, 2.45) is 0 Å². The van der Waals surface area contributed by atoms with Crippen molar-refractivity contribution in [3.8, 4) is 11.5 Å². The summed E-state index contributed by atoms with van der Waals surface area (Å²) < 4.78 is 14.2. The van der Waals surface area contributed by atoms with E-state index >= 15 is 0 Å². The quantitative estimate of drug-likeness (QED) is 0.631. The smallest absolute Gasteiger partial charge is 0.268 e. The number of methoxy groups -OCH3 is 2. The first-order valence-electron chi connectivity index (χ1n) is 2.98. The fraction of sp³-hybridized carbons (Fsp3) is 0.286. The van der Waals surface area contributed by atoms with Gasteiger partial charge in [-0.25, -0.2) is 0 Å². The van der Waals surface area contributed by atoms with E-state index in [1.807, 2.05) is 0 Å². The first-order chi connectivity index (χ1) is 5.29. The van der Waals surface area contributed by atoms with Crippen LogP contribution in [0.15, 0.2) is 21.7 Å². The van der Waals surface area contributed by atoms with Gasteiger partial charge in [0.25, 0.3) is 5.43 Å². The van der Waals surface area contributed by atoms with Crippen LogP contribution in [0.4, 0.5) is 0 Å². The molecule has 0 fully saturated rings. The summed E-state index contributed by atoms with van der Waals surface area (Å²) in [5.74, 6) is 0.286. The van der Waals surface area contributed by atoms with Crippen molar-refractivity contribution in [2.45, 2.75) is 0 Å². The van der Waals surface area contributed by atoms with Crippen LogP contribution in [0.25, 0.3) is 0 Å². The van der Waals surface area contributed by atoms with Gasteiger partial charge in [0.1, 0.15) is 12.5 Å². The average Bonchev–Trinajstić information content (AvgIpc) is 2.05. The van der Waals surface area contributed by atoms with Gasteiger partial charge in [-0.05, 0) is 0 Å². The molecule has 0 aliphatic heterocycles. The van der Waals surface area contributed by atoms with Crippen LogP contribution < -0.4 is 14.9 Å². The van der Waals surface area contributed by atoms with E-state index in [1.165, 1.54) is 26.7 Å². The fourth-order valence-electron chi connectivity index (χ4n) is 0.668. The van der Waals surface area contributed by atoms with Crippen LogP contribution in [-0.2, 0) is 0 Å². The minimum absolute atomic E-state index is 0.143. The molecule has 0 amide bonds. The fourth-order valence-corrected chi connectivity index (χ4v) is 0.668. The SMILES string of the molecule is COc1cocc(OC)c1=O. The third-order valence-corrected chi connectivity index (χ3v) is 1.24. The Balaban J connectivity index is 3.21. The molecule has 0 N–H and O–H groups in total. The second kappa shape index (κ2) is 3.09. The van der Waals surface area contributed by atoms with E-state index in [-0.39, 0.29) is 16.9 Å². The largest absolute Gasteiger partial charge is 0.490 e. The predicted octanol–water partition coefficient (Wildman–Crippen LogP) is 0.657. The minimum atomic E-state index is -0.304. The molecule has 1 rings (SSSR count). The molecule has 4 nitrogen and oxygen atoms in total. The molecule has 0 atom stereocenters. The Morgan fingerprint density at radius 3 is 2.00 bits per heavy atom. The van der Waals surface area contributed by atoms with Crippen molar-refractivity contribution in [2.75, 3.05) is 14.2 Å². The van der Waals surface area contributed by atoms with E-state index in [2.05, 4.69) is 0 Å². The Morgan fingerprint density at radius 1 is 1.18 bits per heavy atom. The van der Waals surface area contributed by atoms with Crippen LogP contribution in [0.2, 0.25) is 0 Å². The molecule has 0 saturated carbocycles. The van der Waals surface area contributed by atoms with Gasteiger partial charge >= 0.3 is 0 Å². The van der Waals surface area contributed by atoms with Crippen molar-refractivity contribution in [1.82, 2.24) is 0 Å². The summed E-state index contributed by atoms with van der Waals surface area (Å²) in [5.41, 5.74) is -0.304. The van der Waals surface area contributed by atoms with Gasteiger partial charge in [-0.15, -0.1) is 0 Å². The van der Waals surface area contributed by atoms with E-state index in [0.29, 0.717) is 0 Å². The van der Waals surface area contributed by atoms with Gasteiger partial charge in [0, 0.05) is 0 Å². The molecule has 0 unspecified atom stereocenters. The highest BCUT2D eigenvalue weighted by atomic mass is 16.5. The zero-order chi connectivity index (χ0) is 8.27. The molecule has 11 heavy (non-hydrogen) atoms. The van der Waals surface area contributed by atoms with E-state index in [4.69, 9.17) is 13.9 Å². The molecule has 0 bridgehead atoms. The van der Waals surface area contributed by atoms with Crippen molar-refractivity contribution < 1.29 is 13.9 Å².